The fraction of sp³-hybridized carbons (Fsp3) is 0.200. The molecule has 1 heteroatoms. The van der Waals surface area contributed by atoms with E-state index in [4.69, 9.17) is 0 Å². The minimum atomic E-state index is 0.403. The van der Waals surface area contributed by atoms with Crippen molar-refractivity contribution >= 4 is 0 Å². The predicted molar refractivity (Wildman–Crippen MR) is 67.8 cm³/mol. The van der Waals surface area contributed by atoms with Gasteiger partial charge in [-0.2, -0.15) is 0 Å². The molecule has 0 bridgehead atoms. The quantitative estimate of drug-likeness (QED) is 0.758. The number of rotatable bonds is 1. The third kappa shape index (κ3) is 1.69. The van der Waals surface area contributed by atoms with E-state index in [1.165, 1.54) is 11.1 Å². The molecule has 1 nitrogen and oxygen atoms in total. The van der Waals surface area contributed by atoms with Crippen molar-refractivity contribution in [2.24, 2.45) is 0 Å². The van der Waals surface area contributed by atoms with Crippen molar-refractivity contribution in [2.75, 3.05) is 0 Å². The minimum Gasteiger partial charge on any atom is -0.507 e. The third-order valence-corrected chi connectivity index (χ3v) is 3.07. The lowest BCUT2D eigenvalue weighted by Gasteiger charge is -2.12. The number of hydrogen-bond donors (Lipinski definition) is 1. The zero-order chi connectivity index (χ0) is 11.7. The number of hydrogen-bond acceptors (Lipinski definition) is 1. The second kappa shape index (κ2) is 4.01. The number of phenolic OH excluding ortho intramolecular Hbond substituents is 1. The van der Waals surface area contributed by atoms with Crippen molar-refractivity contribution in [3.05, 3.63) is 53.1 Å². The van der Waals surface area contributed by atoms with Gasteiger partial charge in [0, 0.05) is 0 Å². The Labute approximate surface area is 96.4 Å². The summed E-state index contributed by atoms with van der Waals surface area (Å²) in [6.45, 7) is 5.97. The van der Waals surface area contributed by atoms with E-state index in [-0.39, 0.29) is 0 Å². The summed E-state index contributed by atoms with van der Waals surface area (Å²) in [7, 11) is 0. The molecule has 0 radical (unpaired) electrons. The molecule has 2 aromatic rings. The molecule has 0 heterocycles. The van der Waals surface area contributed by atoms with Crippen molar-refractivity contribution in [1.29, 1.82) is 0 Å². The molecular weight excluding hydrogens is 196 g/mol. The molecule has 16 heavy (non-hydrogen) atoms. The van der Waals surface area contributed by atoms with Gasteiger partial charge < -0.3 is 5.11 Å². The fourth-order valence-electron chi connectivity index (χ4n) is 2.00. The minimum absolute atomic E-state index is 0.403. The highest BCUT2D eigenvalue weighted by molar-refractivity contribution is 5.73. The second-order valence-corrected chi connectivity index (χ2v) is 4.22. The van der Waals surface area contributed by atoms with Gasteiger partial charge in [0.05, 0.1) is 0 Å². The van der Waals surface area contributed by atoms with Crippen molar-refractivity contribution in [2.45, 2.75) is 20.8 Å². The number of benzene rings is 2. The molecule has 0 saturated heterocycles. The highest BCUT2D eigenvalue weighted by atomic mass is 16.3. The maximum Gasteiger partial charge on any atom is 0.122 e. The monoisotopic (exact) mass is 212 g/mol. The van der Waals surface area contributed by atoms with Gasteiger partial charge in [-0.25, -0.2) is 0 Å². The van der Waals surface area contributed by atoms with Gasteiger partial charge in [-0.3, -0.25) is 0 Å². The van der Waals surface area contributed by atoms with Crippen LogP contribution < -0.4 is 0 Å². The molecule has 0 aliphatic carbocycles. The van der Waals surface area contributed by atoms with Gasteiger partial charge in [0.1, 0.15) is 5.75 Å². The van der Waals surface area contributed by atoms with Crippen LogP contribution in [0.5, 0.6) is 5.75 Å². The Morgan fingerprint density at radius 1 is 0.750 bits per heavy atom. The normalized spacial score (nSPS) is 10.4. The van der Waals surface area contributed by atoms with E-state index in [0.717, 1.165) is 16.7 Å². The van der Waals surface area contributed by atoms with Crippen LogP contribution in [0.3, 0.4) is 0 Å². The molecule has 1 N–H and O–H groups in total. The standard InChI is InChI=1S/C15H16O/c1-10-6-4-5-7-13(10)14-9-8-11(2)15(16)12(14)3/h4-9,16H,1-3H3. The van der Waals surface area contributed by atoms with E-state index < -0.39 is 0 Å². The van der Waals surface area contributed by atoms with Crippen LogP contribution >= 0.6 is 0 Å². The maximum atomic E-state index is 9.94. The summed E-state index contributed by atoms with van der Waals surface area (Å²) in [6.07, 6.45) is 0. The molecule has 0 aromatic heterocycles. The van der Waals surface area contributed by atoms with Gasteiger partial charge >= 0.3 is 0 Å². The Balaban J connectivity index is 2.66. The van der Waals surface area contributed by atoms with E-state index in [1.54, 1.807) is 0 Å². The van der Waals surface area contributed by atoms with Crippen LogP contribution in [-0.2, 0) is 0 Å². The Bertz CT molecular complexity index is 527. The SMILES string of the molecule is Cc1ccccc1-c1ccc(C)c(O)c1C. The average molecular weight is 212 g/mol. The van der Waals surface area contributed by atoms with E-state index in [1.807, 2.05) is 32.0 Å². The zero-order valence-electron chi connectivity index (χ0n) is 9.91. The van der Waals surface area contributed by atoms with Crippen molar-refractivity contribution in [3.8, 4) is 16.9 Å². The van der Waals surface area contributed by atoms with Gasteiger partial charge in [0.25, 0.3) is 0 Å². The largest absolute Gasteiger partial charge is 0.507 e. The molecule has 0 saturated carbocycles. The number of aromatic hydroxyl groups is 1. The molecule has 2 rings (SSSR count). The molecule has 0 amide bonds. The lowest BCUT2D eigenvalue weighted by molar-refractivity contribution is 0.467. The zero-order valence-corrected chi connectivity index (χ0v) is 9.91. The van der Waals surface area contributed by atoms with Crippen LogP contribution in [0.15, 0.2) is 36.4 Å². The lowest BCUT2D eigenvalue weighted by atomic mass is 9.95. The summed E-state index contributed by atoms with van der Waals surface area (Å²) >= 11 is 0. The van der Waals surface area contributed by atoms with Crippen molar-refractivity contribution < 1.29 is 5.11 Å². The Kier molecular flexibility index (Phi) is 2.69. The third-order valence-electron chi connectivity index (χ3n) is 3.07. The molecule has 0 fully saturated rings. The summed E-state index contributed by atoms with van der Waals surface area (Å²) in [5.41, 5.74) is 5.41. The van der Waals surface area contributed by atoms with Crippen LogP contribution in [0.1, 0.15) is 16.7 Å². The smallest absolute Gasteiger partial charge is 0.122 e. The molecule has 0 spiro atoms. The molecular formula is C15H16O. The lowest BCUT2D eigenvalue weighted by Crippen LogP contribution is -1.89. The maximum absolute atomic E-state index is 9.94. The summed E-state index contributed by atoms with van der Waals surface area (Å²) in [4.78, 5) is 0. The van der Waals surface area contributed by atoms with Crippen LogP contribution in [0.4, 0.5) is 0 Å². The first kappa shape index (κ1) is 10.7. The van der Waals surface area contributed by atoms with Gasteiger partial charge in [-0.1, -0.05) is 36.4 Å². The Hall–Kier alpha value is -1.76. The highest BCUT2D eigenvalue weighted by Gasteiger charge is 2.09. The molecule has 2 aromatic carbocycles. The summed E-state index contributed by atoms with van der Waals surface area (Å²) in [6, 6.07) is 12.3. The van der Waals surface area contributed by atoms with Gasteiger partial charge in [-0.05, 0) is 48.6 Å². The van der Waals surface area contributed by atoms with Crippen LogP contribution in [0.25, 0.3) is 11.1 Å². The second-order valence-electron chi connectivity index (χ2n) is 4.22. The summed E-state index contributed by atoms with van der Waals surface area (Å²) < 4.78 is 0. The van der Waals surface area contributed by atoms with Gasteiger partial charge in [0.15, 0.2) is 0 Å². The predicted octanol–water partition coefficient (Wildman–Crippen LogP) is 3.98. The van der Waals surface area contributed by atoms with E-state index in [2.05, 4.69) is 25.1 Å². The van der Waals surface area contributed by atoms with Crippen LogP contribution in [0.2, 0.25) is 0 Å². The highest BCUT2D eigenvalue weighted by Crippen LogP contribution is 2.33. The molecule has 82 valence electrons. The van der Waals surface area contributed by atoms with E-state index in [0.29, 0.717) is 5.75 Å². The molecule has 0 aliphatic heterocycles. The molecule has 0 atom stereocenters. The summed E-state index contributed by atoms with van der Waals surface area (Å²) in [5.74, 6) is 0.403. The first-order chi connectivity index (χ1) is 7.61. The van der Waals surface area contributed by atoms with Gasteiger partial charge in [0.2, 0.25) is 0 Å². The fourth-order valence-corrected chi connectivity index (χ4v) is 2.00. The Morgan fingerprint density at radius 2 is 1.44 bits per heavy atom. The molecule has 0 unspecified atom stereocenters. The average Bonchev–Trinajstić information content (AvgIpc) is 2.28. The first-order valence-electron chi connectivity index (χ1n) is 5.46. The first-order valence-corrected chi connectivity index (χ1v) is 5.46. The topological polar surface area (TPSA) is 20.2 Å². The number of phenols is 1. The van der Waals surface area contributed by atoms with E-state index >= 15 is 0 Å². The molecule has 0 aliphatic rings. The van der Waals surface area contributed by atoms with Gasteiger partial charge in [-0.15, -0.1) is 0 Å². The number of aryl methyl sites for hydroxylation is 2. The Morgan fingerprint density at radius 3 is 2.12 bits per heavy atom. The van der Waals surface area contributed by atoms with E-state index in [9.17, 15) is 5.11 Å². The van der Waals surface area contributed by atoms with Crippen molar-refractivity contribution in [1.82, 2.24) is 0 Å². The van der Waals surface area contributed by atoms with Crippen molar-refractivity contribution in [3.63, 3.8) is 0 Å². The van der Waals surface area contributed by atoms with Crippen LogP contribution in [-0.4, -0.2) is 5.11 Å². The summed E-state index contributed by atoms with van der Waals surface area (Å²) in [5, 5.41) is 9.94. The van der Waals surface area contributed by atoms with Crippen LogP contribution in [0, 0.1) is 20.8 Å².